The minimum atomic E-state index is 0.163. The van der Waals surface area contributed by atoms with Gasteiger partial charge in [0, 0.05) is 17.8 Å². The Hall–Kier alpha value is -1.73. The SMILES string of the molecule is CCC(Nc1ccnc(NN)n1)c1nccs1. The van der Waals surface area contributed by atoms with Crippen molar-refractivity contribution >= 4 is 23.1 Å². The maximum atomic E-state index is 5.26. The first-order valence-corrected chi connectivity index (χ1v) is 6.17. The molecule has 7 heteroatoms. The molecule has 17 heavy (non-hydrogen) atoms. The summed E-state index contributed by atoms with van der Waals surface area (Å²) in [6.45, 7) is 2.10. The van der Waals surface area contributed by atoms with Crippen LogP contribution in [0.2, 0.25) is 0 Å². The molecule has 0 radical (unpaired) electrons. The maximum Gasteiger partial charge on any atom is 0.239 e. The fourth-order valence-electron chi connectivity index (χ4n) is 1.43. The Balaban J connectivity index is 2.13. The van der Waals surface area contributed by atoms with Gasteiger partial charge in [0.1, 0.15) is 10.8 Å². The number of aromatic nitrogens is 3. The smallest absolute Gasteiger partial charge is 0.239 e. The van der Waals surface area contributed by atoms with Gasteiger partial charge >= 0.3 is 0 Å². The van der Waals surface area contributed by atoms with E-state index in [1.807, 2.05) is 5.38 Å². The molecular formula is C10H14N6S. The van der Waals surface area contributed by atoms with Crippen molar-refractivity contribution in [1.82, 2.24) is 15.0 Å². The van der Waals surface area contributed by atoms with E-state index < -0.39 is 0 Å². The summed E-state index contributed by atoms with van der Waals surface area (Å²) >= 11 is 1.63. The third-order valence-corrected chi connectivity index (χ3v) is 3.15. The van der Waals surface area contributed by atoms with Crippen molar-refractivity contribution in [1.29, 1.82) is 0 Å². The van der Waals surface area contributed by atoms with Gasteiger partial charge in [-0.15, -0.1) is 11.3 Å². The Bertz CT molecular complexity index is 458. The minimum Gasteiger partial charge on any atom is -0.361 e. The third kappa shape index (κ3) is 2.89. The second-order valence-corrected chi connectivity index (χ2v) is 4.31. The summed E-state index contributed by atoms with van der Waals surface area (Å²) in [4.78, 5) is 12.5. The molecule has 0 aliphatic rings. The highest BCUT2D eigenvalue weighted by atomic mass is 32.1. The number of hydrazine groups is 1. The van der Waals surface area contributed by atoms with Gasteiger partial charge in [-0.05, 0) is 12.5 Å². The summed E-state index contributed by atoms with van der Waals surface area (Å²) in [7, 11) is 0. The van der Waals surface area contributed by atoms with E-state index in [2.05, 4.69) is 32.6 Å². The molecule has 1 atom stereocenters. The van der Waals surface area contributed by atoms with Crippen LogP contribution in [0.15, 0.2) is 23.8 Å². The van der Waals surface area contributed by atoms with Gasteiger partial charge < -0.3 is 5.32 Å². The largest absolute Gasteiger partial charge is 0.361 e. The predicted molar refractivity (Wildman–Crippen MR) is 68.6 cm³/mol. The molecule has 0 bridgehead atoms. The van der Waals surface area contributed by atoms with E-state index in [1.165, 1.54) is 0 Å². The fraction of sp³-hybridized carbons (Fsp3) is 0.300. The molecule has 2 aromatic heterocycles. The number of nitrogen functional groups attached to an aromatic ring is 1. The second-order valence-electron chi connectivity index (χ2n) is 3.39. The van der Waals surface area contributed by atoms with Crippen LogP contribution in [0.25, 0.3) is 0 Å². The first-order chi connectivity index (χ1) is 8.33. The molecule has 2 aromatic rings. The zero-order valence-electron chi connectivity index (χ0n) is 9.42. The first-order valence-electron chi connectivity index (χ1n) is 5.29. The Morgan fingerprint density at radius 3 is 2.94 bits per heavy atom. The van der Waals surface area contributed by atoms with Crippen molar-refractivity contribution in [2.75, 3.05) is 10.7 Å². The van der Waals surface area contributed by atoms with Crippen LogP contribution in [0, 0.1) is 0 Å². The molecule has 0 amide bonds. The lowest BCUT2D eigenvalue weighted by atomic mass is 10.2. The number of thiazole rings is 1. The maximum absolute atomic E-state index is 5.26. The van der Waals surface area contributed by atoms with Crippen molar-refractivity contribution in [2.45, 2.75) is 19.4 Å². The van der Waals surface area contributed by atoms with E-state index >= 15 is 0 Å². The molecule has 1 unspecified atom stereocenters. The van der Waals surface area contributed by atoms with Crippen LogP contribution in [-0.2, 0) is 0 Å². The summed E-state index contributed by atoms with van der Waals surface area (Å²) in [6.07, 6.45) is 4.39. The van der Waals surface area contributed by atoms with E-state index in [9.17, 15) is 0 Å². The highest BCUT2D eigenvalue weighted by Crippen LogP contribution is 2.23. The fourth-order valence-corrected chi connectivity index (χ4v) is 2.20. The molecule has 6 nitrogen and oxygen atoms in total. The molecule has 4 N–H and O–H groups in total. The van der Waals surface area contributed by atoms with Crippen molar-refractivity contribution < 1.29 is 0 Å². The topological polar surface area (TPSA) is 88.8 Å². The Kier molecular flexibility index (Phi) is 3.84. The number of anilines is 2. The molecule has 2 rings (SSSR count). The van der Waals surface area contributed by atoms with E-state index in [0.29, 0.717) is 5.95 Å². The Labute approximate surface area is 103 Å². The van der Waals surface area contributed by atoms with E-state index in [0.717, 1.165) is 17.2 Å². The van der Waals surface area contributed by atoms with Crippen molar-refractivity contribution in [3.05, 3.63) is 28.8 Å². The van der Waals surface area contributed by atoms with Gasteiger partial charge in [0.2, 0.25) is 5.95 Å². The van der Waals surface area contributed by atoms with Crippen LogP contribution in [0.1, 0.15) is 24.4 Å². The lowest BCUT2D eigenvalue weighted by molar-refractivity contribution is 0.737. The number of nitrogens with zero attached hydrogens (tertiary/aromatic N) is 3. The lowest BCUT2D eigenvalue weighted by Gasteiger charge is -2.15. The van der Waals surface area contributed by atoms with Crippen LogP contribution in [0.3, 0.4) is 0 Å². The van der Waals surface area contributed by atoms with Gasteiger partial charge in [-0.2, -0.15) is 4.98 Å². The van der Waals surface area contributed by atoms with Crippen molar-refractivity contribution in [3.8, 4) is 0 Å². The molecular weight excluding hydrogens is 236 g/mol. The van der Waals surface area contributed by atoms with Gasteiger partial charge in [-0.1, -0.05) is 6.92 Å². The normalized spacial score (nSPS) is 12.1. The van der Waals surface area contributed by atoms with Crippen LogP contribution >= 0.6 is 11.3 Å². The summed E-state index contributed by atoms with van der Waals surface area (Å²) in [5, 5.41) is 6.32. The number of hydrogen-bond acceptors (Lipinski definition) is 7. The number of rotatable bonds is 5. The van der Waals surface area contributed by atoms with E-state index in [4.69, 9.17) is 5.84 Å². The lowest BCUT2D eigenvalue weighted by Crippen LogP contribution is -2.14. The molecule has 0 spiro atoms. The highest BCUT2D eigenvalue weighted by molar-refractivity contribution is 7.09. The molecule has 0 saturated carbocycles. The summed E-state index contributed by atoms with van der Waals surface area (Å²) in [6, 6.07) is 1.97. The summed E-state index contributed by atoms with van der Waals surface area (Å²) in [5.41, 5.74) is 2.42. The third-order valence-electron chi connectivity index (χ3n) is 2.26. The monoisotopic (exact) mass is 250 g/mol. The highest BCUT2D eigenvalue weighted by Gasteiger charge is 2.12. The average Bonchev–Trinajstić information content (AvgIpc) is 2.90. The van der Waals surface area contributed by atoms with Crippen LogP contribution in [0.5, 0.6) is 0 Å². The molecule has 0 aliphatic heterocycles. The Morgan fingerprint density at radius 1 is 1.41 bits per heavy atom. The molecule has 0 aliphatic carbocycles. The zero-order chi connectivity index (χ0) is 12.1. The molecule has 90 valence electrons. The van der Waals surface area contributed by atoms with Gasteiger partial charge in [0.05, 0.1) is 6.04 Å². The van der Waals surface area contributed by atoms with Gasteiger partial charge in [-0.25, -0.2) is 15.8 Å². The van der Waals surface area contributed by atoms with Crippen LogP contribution in [-0.4, -0.2) is 15.0 Å². The van der Waals surface area contributed by atoms with Crippen molar-refractivity contribution in [3.63, 3.8) is 0 Å². The van der Waals surface area contributed by atoms with E-state index in [-0.39, 0.29) is 6.04 Å². The van der Waals surface area contributed by atoms with Crippen LogP contribution in [0.4, 0.5) is 11.8 Å². The standard InChI is InChI=1S/C10H14N6S/c1-2-7(9-12-5-6-17-9)14-8-3-4-13-10(15-8)16-11/h3-7H,2,11H2,1H3,(H2,13,14,15,16). The molecule has 0 saturated heterocycles. The molecule has 0 aromatic carbocycles. The van der Waals surface area contributed by atoms with E-state index in [1.54, 1.807) is 29.8 Å². The summed E-state index contributed by atoms with van der Waals surface area (Å²) in [5.74, 6) is 6.39. The number of hydrogen-bond donors (Lipinski definition) is 3. The number of nitrogens with one attached hydrogen (secondary N) is 2. The quantitative estimate of drug-likeness (QED) is 0.553. The Morgan fingerprint density at radius 2 is 2.29 bits per heavy atom. The van der Waals surface area contributed by atoms with Gasteiger partial charge in [-0.3, -0.25) is 5.43 Å². The summed E-state index contributed by atoms with van der Waals surface area (Å²) < 4.78 is 0. The molecule has 2 heterocycles. The number of nitrogens with two attached hydrogens (primary N) is 1. The van der Waals surface area contributed by atoms with Gasteiger partial charge in [0.25, 0.3) is 0 Å². The van der Waals surface area contributed by atoms with Gasteiger partial charge in [0.15, 0.2) is 0 Å². The molecule has 0 fully saturated rings. The van der Waals surface area contributed by atoms with Crippen LogP contribution < -0.4 is 16.6 Å². The minimum absolute atomic E-state index is 0.163. The predicted octanol–water partition coefficient (Wildman–Crippen LogP) is 1.78. The first kappa shape index (κ1) is 11.7. The van der Waals surface area contributed by atoms with Crippen molar-refractivity contribution in [2.24, 2.45) is 5.84 Å². The average molecular weight is 250 g/mol. The second kappa shape index (κ2) is 5.55. The zero-order valence-corrected chi connectivity index (χ0v) is 10.2.